The van der Waals surface area contributed by atoms with Gasteiger partial charge in [-0.1, -0.05) is 15.9 Å². The number of carbonyl (C=O) groups is 3. The number of anilines is 1. The normalized spacial score (nSPS) is 32.8. The molecule has 1 aromatic carbocycles. The smallest absolute Gasteiger partial charge is 0.250 e. The number of likely N-dealkylation sites (tertiary alicyclic amines) is 1. The second-order valence-corrected chi connectivity index (χ2v) is 8.10. The van der Waals surface area contributed by atoms with E-state index in [9.17, 15) is 19.5 Å². The van der Waals surface area contributed by atoms with Crippen LogP contribution >= 0.6 is 15.9 Å². The van der Waals surface area contributed by atoms with Crippen molar-refractivity contribution >= 4 is 39.3 Å². The molecule has 9 heteroatoms. The van der Waals surface area contributed by atoms with E-state index in [1.165, 1.54) is 7.11 Å². The van der Waals surface area contributed by atoms with Crippen molar-refractivity contribution < 1.29 is 24.2 Å². The number of halogens is 1. The van der Waals surface area contributed by atoms with Crippen LogP contribution in [0.2, 0.25) is 0 Å². The average Bonchev–Trinajstić information content (AvgIpc) is 3.20. The number of hydrogen-bond donors (Lipinski definition) is 3. The van der Waals surface area contributed by atoms with E-state index in [1.54, 1.807) is 25.1 Å². The summed E-state index contributed by atoms with van der Waals surface area (Å²) in [6.07, 6.45) is -0.917. The van der Waals surface area contributed by atoms with Crippen molar-refractivity contribution in [1.82, 2.24) is 10.2 Å². The molecule has 3 heterocycles. The summed E-state index contributed by atoms with van der Waals surface area (Å²) in [5.41, 5.74) is -0.189. The number of carbonyl (C=O) groups excluding carboxylic acids is 3. The molecule has 3 aliphatic heterocycles. The molecule has 1 aromatic rings. The van der Waals surface area contributed by atoms with Crippen molar-refractivity contribution in [2.24, 2.45) is 11.8 Å². The van der Waals surface area contributed by atoms with Crippen molar-refractivity contribution in [2.45, 2.75) is 24.6 Å². The summed E-state index contributed by atoms with van der Waals surface area (Å²) in [6, 6.07) is 4.61. The van der Waals surface area contributed by atoms with Crippen molar-refractivity contribution in [2.75, 3.05) is 25.6 Å². The number of methoxy groups -OCH3 is 1. The molecule has 0 aromatic heterocycles. The van der Waals surface area contributed by atoms with Crippen molar-refractivity contribution in [3.63, 3.8) is 0 Å². The highest BCUT2D eigenvalue weighted by Gasteiger charge is 2.71. The number of rotatable bonds is 4. The summed E-state index contributed by atoms with van der Waals surface area (Å²) >= 11 is 3.41. The minimum Gasteiger partial charge on any atom is -0.392 e. The van der Waals surface area contributed by atoms with Crippen molar-refractivity contribution in [3.8, 4) is 0 Å². The molecule has 2 saturated heterocycles. The van der Waals surface area contributed by atoms with Gasteiger partial charge in [0, 0.05) is 28.9 Å². The molecule has 2 fully saturated rings. The van der Waals surface area contributed by atoms with Crippen LogP contribution < -0.4 is 10.6 Å². The maximum absolute atomic E-state index is 13.2. The molecule has 27 heavy (non-hydrogen) atoms. The summed E-state index contributed by atoms with van der Waals surface area (Å²) in [5.74, 6) is -2.92. The first-order chi connectivity index (χ1) is 12.8. The first-order valence-electron chi connectivity index (χ1n) is 8.74. The van der Waals surface area contributed by atoms with Crippen LogP contribution in [0.15, 0.2) is 22.7 Å². The van der Waals surface area contributed by atoms with Gasteiger partial charge in [-0.2, -0.15) is 0 Å². The quantitative estimate of drug-likeness (QED) is 0.580. The molecular weight excluding hydrogens is 418 g/mol. The van der Waals surface area contributed by atoms with Gasteiger partial charge < -0.3 is 15.2 Å². The third kappa shape index (κ3) is 2.42. The second kappa shape index (κ2) is 6.37. The molecule has 0 aliphatic carbocycles. The Kier molecular flexibility index (Phi) is 4.38. The van der Waals surface area contributed by atoms with Crippen molar-refractivity contribution in [1.29, 1.82) is 0 Å². The maximum Gasteiger partial charge on any atom is 0.250 e. The van der Waals surface area contributed by atoms with Crippen LogP contribution in [0.25, 0.3) is 0 Å². The molecule has 3 aliphatic rings. The molecular formula is C18H20BrN3O5. The number of nitrogens with one attached hydrogen (secondary N) is 2. The lowest BCUT2D eigenvalue weighted by Gasteiger charge is -2.30. The number of imide groups is 1. The number of hydrogen-bond acceptors (Lipinski definition) is 6. The van der Waals surface area contributed by atoms with E-state index in [-0.39, 0.29) is 25.0 Å². The Balaban J connectivity index is 1.86. The van der Waals surface area contributed by atoms with Gasteiger partial charge in [0.1, 0.15) is 5.54 Å². The predicted octanol–water partition coefficient (Wildman–Crippen LogP) is 0.197. The molecule has 0 radical (unpaired) electrons. The molecule has 5 atom stereocenters. The predicted molar refractivity (Wildman–Crippen MR) is 98.6 cm³/mol. The Morgan fingerprint density at radius 1 is 1.33 bits per heavy atom. The Bertz CT molecular complexity index is 844. The Hall–Kier alpha value is -1.81. The van der Waals surface area contributed by atoms with Crippen molar-refractivity contribution in [3.05, 3.63) is 28.2 Å². The molecule has 1 spiro atoms. The van der Waals surface area contributed by atoms with E-state index in [0.29, 0.717) is 11.3 Å². The van der Waals surface area contributed by atoms with Gasteiger partial charge in [0.05, 0.1) is 31.1 Å². The van der Waals surface area contributed by atoms with Crippen LogP contribution in [0.5, 0.6) is 0 Å². The molecule has 8 nitrogen and oxygen atoms in total. The second-order valence-electron chi connectivity index (χ2n) is 7.19. The zero-order chi connectivity index (χ0) is 19.5. The lowest BCUT2D eigenvalue weighted by Crippen LogP contribution is -2.55. The zero-order valence-corrected chi connectivity index (χ0v) is 16.4. The van der Waals surface area contributed by atoms with Gasteiger partial charge in [-0.15, -0.1) is 0 Å². The highest BCUT2D eigenvalue weighted by Crippen LogP contribution is 2.53. The van der Waals surface area contributed by atoms with Gasteiger partial charge in [-0.3, -0.25) is 24.6 Å². The molecule has 0 unspecified atom stereocenters. The minimum absolute atomic E-state index is 0.122. The highest BCUT2D eigenvalue weighted by atomic mass is 79.9. The number of nitrogens with zero attached hydrogens (tertiary/aromatic N) is 1. The maximum atomic E-state index is 13.2. The van der Waals surface area contributed by atoms with Gasteiger partial charge in [0.15, 0.2) is 0 Å². The van der Waals surface area contributed by atoms with Gasteiger partial charge in [-0.25, -0.2) is 0 Å². The number of amides is 3. The molecule has 0 saturated carbocycles. The van der Waals surface area contributed by atoms with Crippen LogP contribution in [0, 0.1) is 11.8 Å². The fourth-order valence-electron chi connectivity index (χ4n) is 4.58. The third-order valence-electron chi connectivity index (χ3n) is 5.74. The Morgan fingerprint density at radius 3 is 2.74 bits per heavy atom. The van der Waals surface area contributed by atoms with Gasteiger partial charge in [-0.05, 0) is 25.1 Å². The number of ether oxygens (including phenoxy) is 1. The molecule has 3 N–H and O–H groups in total. The van der Waals surface area contributed by atoms with Gasteiger partial charge in [0.2, 0.25) is 17.7 Å². The van der Waals surface area contributed by atoms with Crippen LogP contribution in [0.3, 0.4) is 0 Å². The first kappa shape index (κ1) is 18.5. The van der Waals surface area contributed by atoms with E-state index < -0.39 is 35.4 Å². The van der Waals surface area contributed by atoms with Gasteiger partial charge >= 0.3 is 0 Å². The van der Waals surface area contributed by atoms with E-state index >= 15 is 0 Å². The molecule has 4 rings (SSSR count). The number of benzene rings is 1. The average molecular weight is 438 g/mol. The Labute approximate surface area is 164 Å². The van der Waals surface area contributed by atoms with E-state index in [2.05, 4.69) is 26.6 Å². The van der Waals surface area contributed by atoms with E-state index in [4.69, 9.17) is 4.74 Å². The SMILES string of the molecule is COCCN1C(=O)[C@@H]2[C@@H]([C@@H](C)O)N[C@]3(C(=O)Nc4ccc(Br)cc43)[C@@H]2C1=O. The standard InChI is InChI=1S/C18H20BrN3O5/c1-8(23)14-12-13(16(25)22(15(12)24)5-6-27-2)18(21-14)10-7-9(19)3-4-11(10)20-17(18)26/h3-4,7-8,12-14,21,23H,5-6H2,1-2H3,(H,20,26)/t8-,12+,13+,14-,18+/m1/s1. The topological polar surface area (TPSA) is 108 Å². The summed E-state index contributed by atoms with van der Waals surface area (Å²) in [6.45, 7) is 1.89. The number of fused-ring (bicyclic) bond motifs is 4. The van der Waals surface area contributed by atoms with Crippen LogP contribution in [-0.2, 0) is 24.7 Å². The molecule has 144 valence electrons. The molecule has 3 amide bonds. The molecule has 0 bridgehead atoms. The van der Waals surface area contributed by atoms with Crippen LogP contribution in [0.1, 0.15) is 12.5 Å². The van der Waals surface area contributed by atoms with Crippen LogP contribution in [0.4, 0.5) is 5.69 Å². The largest absolute Gasteiger partial charge is 0.392 e. The zero-order valence-electron chi connectivity index (χ0n) is 14.9. The minimum atomic E-state index is -1.39. The fourth-order valence-corrected chi connectivity index (χ4v) is 4.94. The summed E-state index contributed by atoms with van der Waals surface area (Å²) < 4.78 is 5.76. The summed E-state index contributed by atoms with van der Waals surface area (Å²) in [7, 11) is 1.49. The monoisotopic (exact) mass is 437 g/mol. The van der Waals surface area contributed by atoms with Crippen LogP contribution in [-0.4, -0.2) is 60.1 Å². The summed E-state index contributed by atoms with van der Waals surface area (Å²) in [5, 5.41) is 16.3. The van der Waals surface area contributed by atoms with E-state index in [0.717, 1.165) is 9.37 Å². The summed E-state index contributed by atoms with van der Waals surface area (Å²) in [4.78, 5) is 40.4. The lowest BCUT2D eigenvalue weighted by molar-refractivity contribution is -0.143. The van der Waals surface area contributed by atoms with Gasteiger partial charge in [0.25, 0.3) is 0 Å². The third-order valence-corrected chi connectivity index (χ3v) is 6.23. The first-order valence-corrected chi connectivity index (χ1v) is 9.53. The lowest BCUT2D eigenvalue weighted by atomic mass is 9.76. The highest BCUT2D eigenvalue weighted by molar-refractivity contribution is 9.10. The number of aliphatic hydroxyl groups excluding tert-OH is 1. The number of aliphatic hydroxyl groups is 1. The van der Waals surface area contributed by atoms with E-state index in [1.807, 2.05) is 0 Å². The fraction of sp³-hybridized carbons (Fsp3) is 0.500. The Morgan fingerprint density at radius 2 is 2.07 bits per heavy atom.